The SMILES string of the molecule is CC(C)(C)OC(=O)N[C@@H](Cc1ccc(O)cc1)C(=O)O[C@H]1C[N+]2(CC(=O)c3ccccc3)CCC1CC2.[Br-]. The minimum Gasteiger partial charge on any atom is -1.00 e. The van der Waals surface area contributed by atoms with Gasteiger partial charge in [0.15, 0.2) is 6.10 Å². The lowest BCUT2D eigenvalue weighted by Gasteiger charge is -2.51. The smallest absolute Gasteiger partial charge is 0.408 e. The third-order valence-corrected chi connectivity index (χ3v) is 7.24. The number of quaternary nitrogens is 1. The number of piperidine rings is 3. The van der Waals surface area contributed by atoms with Gasteiger partial charge in [-0.25, -0.2) is 9.59 Å². The number of aromatic hydroxyl groups is 1. The van der Waals surface area contributed by atoms with Gasteiger partial charge in [-0.1, -0.05) is 42.5 Å². The first-order valence-corrected chi connectivity index (χ1v) is 12.9. The third-order valence-electron chi connectivity index (χ3n) is 7.24. The maximum atomic E-state index is 13.4. The van der Waals surface area contributed by atoms with E-state index in [1.54, 1.807) is 32.9 Å². The first-order valence-electron chi connectivity index (χ1n) is 12.9. The second kappa shape index (κ2) is 12.3. The number of Topliss-reactive ketones (excluding diaryl/α,β-unsaturated/α-hetero) is 1. The van der Waals surface area contributed by atoms with Crippen LogP contribution in [0.15, 0.2) is 54.6 Å². The molecule has 3 heterocycles. The molecule has 0 saturated carbocycles. The Kier molecular flexibility index (Phi) is 9.59. The van der Waals surface area contributed by atoms with Crippen LogP contribution in [0, 0.1) is 5.92 Å². The number of fused-ring (bicyclic) bond motifs is 3. The molecule has 0 aliphatic carbocycles. The molecule has 8 nitrogen and oxygen atoms in total. The van der Waals surface area contributed by atoms with Gasteiger partial charge in [0.2, 0.25) is 5.78 Å². The van der Waals surface area contributed by atoms with Crippen LogP contribution in [-0.4, -0.2) is 71.4 Å². The molecule has 3 aliphatic heterocycles. The zero-order chi connectivity index (χ0) is 26.6. The highest BCUT2D eigenvalue weighted by Gasteiger charge is 2.49. The number of hydrogen-bond donors (Lipinski definition) is 2. The van der Waals surface area contributed by atoms with Crippen LogP contribution in [0.1, 0.15) is 49.5 Å². The second-order valence-electron chi connectivity index (χ2n) is 11.3. The fourth-order valence-electron chi connectivity index (χ4n) is 5.34. The molecule has 0 aromatic heterocycles. The Morgan fingerprint density at radius 3 is 2.26 bits per heavy atom. The summed E-state index contributed by atoms with van der Waals surface area (Å²) in [5, 5.41) is 12.3. The summed E-state index contributed by atoms with van der Waals surface area (Å²) in [7, 11) is 0. The molecule has 9 heteroatoms. The van der Waals surface area contributed by atoms with Crippen LogP contribution >= 0.6 is 0 Å². The highest BCUT2D eigenvalue weighted by Crippen LogP contribution is 2.36. The highest BCUT2D eigenvalue weighted by molar-refractivity contribution is 5.97. The van der Waals surface area contributed by atoms with Crippen LogP contribution in [-0.2, 0) is 20.7 Å². The van der Waals surface area contributed by atoms with Crippen molar-refractivity contribution in [2.75, 3.05) is 26.2 Å². The van der Waals surface area contributed by atoms with Crippen molar-refractivity contribution in [3.8, 4) is 5.75 Å². The Morgan fingerprint density at radius 2 is 1.66 bits per heavy atom. The normalized spacial score (nSPS) is 23.0. The van der Waals surface area contributed by atoms with Gasteiger partial charge in [0.1, 0.15) is 30.5 Å². The van der Waals surface area contributed by atoms with E-state index in [9.17, 15) is 19.5 Å². The molecule has 3 fully saturated rings. The van der Waals surface area contributed by atoms with Gasteiger partial charge in [-0.3, -0.25) is 4.79 Å². The van der Waals surface area contributed by atoms with Crippen molar-refractivity contribution in [2.45, 2.75) is 57.8 Å². The molecule has 3 aliphatic rings. The lowest BCUT2D eigenvalue weighted by atomic mass is 9.82. The predicted octanol–water partition coefficient (Wildman–Crippen LogP) is 0.867. The van der Waals surface area contributed by atoms with Crippen LogP contribution in [0.25, 0.3) is 0 Å². The standard InChI is InChI=1S/C29H36N2O6.BrH/c1-29(2,3)37-28(35)30-24(17-20-9-11-23(32)12-10-20)27(34)36-26-19-31(15-13-22(26)14-16-31)18-25(33)21-7-5-4-6-8-21;/h4-12,22,24,26H,13-19H2,1-3H3,(H-,30,32,35);1H/t22?,24-,26-,31?;/m0./s1. The number of ketones is 1. The van der Waals surface area contributed by atoms with Gasteiger partial charge in [-0.2, -0.15) is 0 Å². The Hall–Kier alpha value is -2.91. The lowest BCUT2D eigenvalue weighted by Crippen LogP contribution is -3.00. The maximum Gasteiger partial charge on any atom is 0.408 e. The zero-order valence-corrected chi connectivity index (χ0v) is 23.8. The predicted molar refractivity (Wildman–Crippen MR) is 138 cm³/mol. The van der Waals surface area contributed by atoms with E-state index < -0.39 is 23.7 Å². The number of nitrogens with zero attached hydrogens (tertiary/aromatic N) is 1. The topological polar surface area (TPSA) is 102 Å². The summed E-state index contributed by atoms with van der Waals surface area (Å²) in [6.45, 7) is 8.03. The Balaban J connectivity index is 0.00000400. The quantitative estimate of drug-likeness (QED) is 0.269. The van der Waals surface area contributed by atoms with Gasteiger partial charge in [0, 0.05) is 30.7 Å². The summed E-state index contributed by atoms with van der Waals surface area (Å²) >= 11 is 0. The number of rotatable bonds is 8. The number of ether oxygens (including phenoxy) is 2. The number of hydrogen-bond acceptors (Lipinski definition) is 6. The summed E-state index contributed by atoms with van der Waals surface area (Å²) in [6.07, 6.45) is 0.965. The average Bonchev–Trinajstić information content (AvgIpc) is 2.85. The van der Waals surface area contributed by atoms with E-state index in [4.69, 9.17) is 9.47 Å². The number of phenols is 1. The van der Waals surface area contributed by atoms with Crippen molar-refractivity contribution >= 4 is 17.8 Å². The fraction of sp³-hybridized carbons (Fsp3) is 0.483. The van der Waals surface area contributed by atoms with E-state index in [1.807, 2.05) is 30.3 Å². The molecule has 2 bridgehead atoms. The Labute approximate surface area is 234 Å². The van der Waals surface area contributed by atoms with Crippen LogP contribution in [0.5, 0.6) is 5.75 Å². The van der Waals surface area contributed by atoms with Crippen LogP contribution in [0.4, 0.5) is 4.79 Å². The minimum atomic E-state index is -0.950. The Morgan fingerprint density at radius 1 is 1.03 bits per heavy atom. The number of carbonyl (C=O) groups excluding carboxylic acids is 3. The van der Waals surface area contributed by atoms with Crippen molar-refractivity contribution < 1.29 is 50.4 Å². The van der Waals surface area contributed by atoms with E-state index in [0.29, 0.717) is 23.1 Å². The number of benzene rings is 2. The van der Waals surface area contributed by atoms with Crippen LogP contribution in [0.2, 0.25) is 0 Å². The molecule has 1 amide bonds. The van der Waals surface area contributed by atoms with Crippen molar-refractivity contribution in [3.63, 3.8) is 0 Å². The Bertz CT molecular complexity index is 1110. The molecule has 0 spiro atoms. The molecule has 0 radical (unpaired) electrons. The maximum absolute atomic E-state index is 13.4. The summed E-state index contributed by atoms with van der Waals surface area (Å²) in [4.78, 5) is 38.9. The lowest BCUT2D eigenvalue weighted by molar-refractivity contribution is -0.938. The van der Waals surface area contributed by atoms with Gasteiger partial charge in [0.05, 0.1) is 13.1 Å². The molecule has 2 aromatic rings. The minimum absolute atomic E-state index is 0. The van der Waals surface area contributed by atoms with Crippen molar-refractivity contribution in [2.24, 2.45) is 5.92 Å². The summed E-state index contributed by atoms with van der Waals surface area (Å²) in [5.41, 5.74) is 0.753. The number of amides is 1. The van der Waals surface area contributed by atoms with E-state index >= 15 is 0 Å². The van der Waals surface area contributed by atoms with Gasteiger partial charge in [0.25, 0.3) is 0 Å². The molecule has 0 unspecified atom stereocenters. The van der Waals surface area contributed by atoms with Gasteiger partial charge >= 0.3 is 12.1 Å². The highest BCUT2D eigenvalue weighted by atomic mass is 79.9. The summed E-state index contributed by atoms with van der Waals surface area (Å²) in [6, 6.07) is 14.8. The number of esters is 1. The molecule has 206 valence electrons. The molecule has 5 rings (SSSR count). The summed E-state index contributed by atoms with van der Waals surface area (Å²) < 4.78 is 12.0. The van der Waals surface area contributed by atoms with Crippen LogP contribution < -0.4 is 22.3 Å². The van der Waals surface area contributed by atoms with Gasteiger partial charge < -0.3 is 41.4 Å². The van der Waals surface area contributed by atoms with E-state index in [2.05, 4.69) is 5.32 Å². The van der Waals surface area contributed by atoms with Gasteiger partial charge in [-0.05, 0) is 38.5 Å². The van der Waals surface area contributed by atoms with E-state index in [1.165, 1.54) is 12.1 Å². The number of nitrogens with one attached hydrogen (secondary N) is 1. The average molecular weight is 590 g/mol. The first-order chi connectivity index (χ1) is 17.5. The van der Waals surface area contributed by atoms with Gasteiger partial charge in [-0.15, -0.1) is 0 Å². The third kappa shape index (κ3) is 7.80. The molecule has 2 aromatic carbocycles. The van der Waals surface area contributed by atoms with Crippen molar-refractivity contribution in [1.29, 1.82) is 0 Å². The van der Waals surface area contributed by atoms with E-state index in [0.717, 1.165) is 31.5 Å². The summed E-state index contributed by atoms with van der Waals surface area (Å²) in [5.74, 6) is -0.0611. The molecule has 2 N–H and O–H groups in total. The van der Waals surface area contributed by atoms with Crippen molar-refractivity contribution in [1.82, 2.24) is 5.32 Å². The fourth-order valence-corrected chi connectivity index (χ4v) is 5.34. The second-order valence-corrected chi connectivity index (χ2v) is 11.3. The monoisotopic (exact) mass is 588 g/mol. The molecular formula is C29H37BrN2O6. The number of halogens is 1. The van der Waals surface area contributed by atoms with Crippen LogP contribution in [0.3, 0.4) is 0 Å². The molecule has 2 atom stereocenters. The largest absolute Gasteiger partial charge is 1.00 e. The first kappa shape index (κ1) is 29.6. The molecular weight excluding hydrogens is 552 g/mol. The number of carbonyl (C=O) groups is 3. The zero-order valence-electron chi connectivity index (χ0n) is 22.2. The number of phenolic OH excluding ortho intramolecular Hbond substituents is 1. The van der Waals surface area contributed by atoms with Crippen molar-refractivity contribution in [3.05, 3.63) is 65.7 Å². The molecule has 38 heavy (non-hydrogen) atoms. The molecule has 3 saturated heterocycles. The number of alkyl carbamates (subject to hydrolysis) is 1. The van der Waals surface area contributed by atoms with E-state index in [-0.39, 0.29) is 47.0 Å².